The van der Waals surface area contributed by atoms with Gasteiger partial charge in [0, 0.05) is 11.8 Å². The molecule has 2 aliphatic rings. The summed E-state index contributed by atoms with van der Waals surface area (Å²) in [6.07, 6.45) is 2.37. The number of halogens is 1. The molecule has 0 amide bonds. The van der Waals surface area contributed by atoms with Crippen molar-refractivity contribution >= 4 is 32.4 Å². The van der Waals surface area contributed by atoms with E-state index in [4.69, 9.17) is 42.1 Å². The molecule has 1 aromatic heterocycles. The molecule has 2 aromatic rings. The number of nitrogens with one attached hydrogen (secondary N) is 1. The van der Waals surface area contributed by atoms with Crippen molar-refractivity contribution in [3.8, 4) is 5.75 Å². The van der Waals surface area contributed by atoms with Crippen LogP contribution in [0.1, 0.15) is 35.8 Å². The lowest BCUT2D eigenvalue weighted by atomic mass is 10.1. The maximum atomic E-state index is 12.1. The molecular weight excluding hydrogens is 423 g/mol. The molecule has 1 aromatic carbocycles. The minimum absolute atomic E-state index is 0.158. The highest BCUT2D eigenvalue weighted by Crippen LogP contribution is 2.49. The summed E-state index contributed by atoms with van der Waals surface area (Å²) in [6, 6.07) is 4.14. The van der Waals surface area contributed by atoms with Crippen LogP contribution in [-0.2, 0) is 20.4 Å². The Kier molecular flexibility index (Phi) is 5.88. The van der Waals surface area contributed by atoms with Gasteiger partial charge in [0.15, 0.2) is 0 Å². The van der Waals surface area contributed by atoms with Gasteiger partial charge in [0.25, 0.3) is 0 Å². The lowest BCUT2D eigenvalue weighted by Gasteiger charge is -2.26. The fourth-order valence-electron chi connectivity index (χ4n) is 3.40. The van der Waals surface area contributed by atoms with Crippen molar-refractivity contribution in [2.75, 3.05) is 6.61 Å². The molecular formula is C18H20ClN2O5PS. The topological polar surface area (TPSA) is 74.7 Å². The average Bonchev–Trinajstić information content (AvgIpc) is 3.12. The standard InChI is InChI=1S/C18H20ClN2O5PS/c1-10-5-11(2)16-12(6-10)8-23-27(26-16)24-9-13-3-4-15(25-13)21-7-14(19)17(28)20-18(21)22/h5-7,13,15H,3-4,8-9H2,1-2H3,(H,20,22,28). The van der Waals surface area contributed by atoms with Gasteiger partial charge in [0.2, 0.25) is 0 Å². The Balaban J connectivity index is 1.35. The van der Waals surface area contributed by atoms with E-state index in [1.807, 2.05) is 13.8 Å². The number of ether oxygens (including phenoxy) is 1. The summed E-state index contributed by atoms with van der Waals surface area (Å²) in [4.78, 5) is 14.6. The molecule has 0 aliphatic carbocycles. The van der Waals surface area contributed by atoms with Crippen LogP contribution in [0, 0.1) is 18.5 Å². The van der Waals surface area contributed by atoms with Crippen LogP contribution in [0.5, 0.6) is 5.75 Å². The first kappa shape index (κ1) is 20.0. The molecule has 1 N–H and O–H groups in total. The SMILES string of the molecule is Cc1cc(C)c2c(c1)COP(OCC1CCC(n3cc(Cl)c(=S)[nH]c3=O)O1)O2. The zero-order valence-electron chi connectivity index (χ0n) is 15.4. The molecule has 0 bridgehead atoms. The van der Waals surface area contributed by atoms with Gasteiger partial charge in [-0.3, -0.25) is 18.6 Å². The minimum Gasteiger partial charge on any atom is -0.426 e. The average molecular weight is 443 g/mol. The van der Waals surface area contributed by atoms with Gasteiger partial charge in [0.05, 0.1) is 24.3 Å². The molecule has 0 spiro atoms. The zero-order chi connectivity index (χ0) is 19.8. The molecule has 7 nitrogen and oxygen atoms in total. The number of nitrogens with zero attached hydrogens (tertiary/aromatic N) is 1. The van der Waals surface area contributed by atoms with Crippen LogP contribution in [0.2, 0.25) is 5.02 Å². The lowest BCUT2D eigenvalue weighted by molar-refractivity contribution is -0.0229. The van der Waals surface area contributed by atoms with Gasteiger partial charge in [-0.05, 0) is 32.3 Å². The molecule has 28 heavy (non-hydrogen) atoms. The molecule has 1 fully saturated rings. The number of aryl methyl sites for hydroxylation is 2. The highest BCUT2D eigenvalue weighted by molar-refractivity contribution is 7.71. The van der Waals surface area contributed by atoms with Crippen LogP contribution in [0.4, 0.5) is 0 Å². The van der Waals surface area contributed by atoms with E-state index in [9.17, 15) is 4.79 Å². The number of rotatable bonds is 4. The predicted molar refractivity (Wildman–Crippen MR) is 108 cm³/mol. The Labute approximate surface area is 173 Å². The van der Waals surface area contributed by atoms with E-state index in [2.05, 4.69) is 17.1 Å². The first-order chi connectivity index (χ1) is 13.4. The van der Waals surface area contributed by atoms with Crippen molar-refractivity contribution in [2.45, 2.75) is 45.6 Å². The van der Waals surface area contributed by atoms with Gasteiger partial charge >= 0.3 is 14.3 Å². The van der Waals surface area contributed by atoms with E-state index in [1.165, 1.54) is 16.3 Å². The van der Waals surface area contributed by atoms with Gasteiger partial charge < -0.3 is 9.26 Å². The smallest absolute Gasteiger partial charge is 0.397 e. The van der Waals surface area contributed by atoms with Crippen molar-refractivity contribution in [1.82, 2.24) is 9.55 Å². The third kappa shape index (κ3) is 4.17. The largest absolute Gasteiger partial charge is 0.426 e. The molecule has 0 saturated carbocycles. The van der Waals surface area contributed by atoms with Crippen LogP contribution in [0.15, 0.2) is 23.1 Å². The summed E-state index contributed by atoms with van der Waals surface area (Å²) in [5.41, 5.74) is 2.95. The van der Waals surface area contributed by atoms with E-state index in [1.54, 1.807) is 0 Å². The van der Waals surface area contributed by atoms with Crippen LogP contribution in [0.3, 0.4) is 0 Å². The van der Waals surface area contributed by atoms with Crippen LogP contribution in [-0.4, -0.2) is 22.3 Å². The van der Waals surface area contributed by atoms with Crippen molar-refractivity contribution < 1.29 is 18.3 Å². The number of benzene rings is 1. The fourth-order valence-corrected chi connectivity index (χ4v) is 4.81. The Morgan fingerprint density at radius 2 is 2.21 bits per heavy atom. The quantitative estimate of drug-likeness (QED) is 0.546. The molecule has 10 heteroatoms. The third-order valence-electron chi connectivity index (χ3n) is 4.67. The van der Waals surface area contributed by atoms with E-state index in [-0.39, 0.29) is 16.4 Å². The molecule has 0 radical (unpaired) electrons. The molecule has 3 atom stereocenters. The van der Waals surface area contributed by atoms with Gasteiger partial charge in [-0.25, -0.2) is 4.79 Å². The summed E-state index contributed by atoms with van der Waals surface area (Å²) in [7, 11) is -1.47. The van der Waals surface area contributed by atoms with Crippen molar-refractivity contribution in [3.63, 3.8) is 0 Å². The predicted octanol–water partition coefficient (Wildman–Crippen LogP) is 4.71. The maximum Gasteiger partial charge on any atom is 0.397 e. The van der Waals surface area contributed by atoms with E-state index in [0.717, 1.165) is 23.3 Å². The lowest BCUT2D eigenvalue weighted by Crippen LogP contribution is -2.27. The third-order valence-corrected chi connectivity index (χ3v) is 6.42. The Morgan fingerprint density at radius 1 is 1.39 bits per heavy atom. The molecule has 3 heterocycles. The summed E-state index contributed by atoms with van der Waals surface area (Å²) in [5, 5.41) is 0.314. The Hall–Kier alpha value is -1.28. The molecule has 150 valence electrons. The second-order valence-electron chi connectivity index (χ2n) is 6.89. The summed E-state index contributed by atoms with van der Waals surface area (Å²) >= 11 is 11.0. The first-order valence-electron chi connectivity index (χ1n) is 8.91. The van der Waals surface area contributed by atoms with Crippen molar-refractivity contribution in [3.05, 3.63) is 55.2 Å². The van der Waals surface area contributed by atoms with Gasteiger partial charge in [0.1, 0.15) is 16.6 Å². The fraction of sp³-hybridized carbons (Fsp3) is 0.444. The summed E-state index contributed by atoms with van der Waals surface area (Å²) in [6.45, 7) is 4.86. The van der Waals surface area contributed by atoms with E-state index < -0.39 is 14.8 Å². The number of H-pyrrole nitrogens is 1. The van der Waals surface area contributed by atoms with Crippen molar-refractivity contribution in [1.29, 1.82) is 0 Å². The second-order valence-corrected chi connectivity index (χ2v) is 8.85. The van der Waals surface area contributed by atoms with Crippen molar-refractivity contribution in [2.24, 2.45) is 0 Å². The van der Waals surface area contributed by atoms with E-state index >= 15 is 0 Å². The number of aromatic amines is 1. The highest BCUT2D eigenvalue weighted by Gasteiger charge is 2.31. The van der Waals surface area contributed by atoms with Gasteiger partial charge in [-0.1, -0.05) is 41.5 Å². The minimum atomic E-state index is -1.47. The van der Waals surface area contributed by atoms with Gasteiger partial charge in [-0.2, -0.15) is 0 Å². The van der Waals surface area contributed by atoms with Gasteiger partial charge in [-0.15, -0.1) is 0 Å². The highest BCUT2D eigenvalue weighted by atomic mass is 35.5. The van der Waals surface area contributed by atoms with Crippen LogP contribution < -0.4 is 10.2 Å². The van der Waals surface area contributed by atoms with Crippen LogP contribution >= 0.6 is 32.4 Å². The maximum absolute atomic E-state index is 12.1. The molecule has 4 rings (SSSR count). The summed E-state index contributed by atoms with van der Waals surface area (Å²) in [5.74, 6) is 0.842. The first-order valence-corrected chi connectivity index (χ1v) is 10.8. The number of hydrogen-bond donors (Lipinski definition) is 1. The zero-order valence-corrected chi connectivity index (χ0v) is 17.9. The Morgan fingerprint density at radius 3 is 3.04 bits per heavy atom. The van der Waals surface area contributed by atoms with E-state index in [0.29, 0.717) is 24.7 Å². The number of hydrogen-bond acceptors (Lipinski definition) is 6. The molecule has 2 aliphatic heterocycles. The number of fused-ring (bicyclic) bond motifs is 1. The normalized spacial score (nSPS) is 24.0. The number of aromatic nitrogens is 2. The monoisotopic (exact) mass is 442 g/mol. The second kappa shape index (κ2) is 8.22. The molecule has 1 saturated heterocycles. The molecule has 3 unspecified atom stereocenters. The van der Waals surface area contributed by atoms with Crippen LogP contribution in [0.25, 0.3) is 0 Å². The summed E-state index contributed by atoms with van der Waals surface area (Å²) < 4.78 is 25.0. The Bertz CT molecular complexity index is 1010.